The topological polar surface area (TPSA) is 112 Å². The van der Waals surface area contributed by atoms with Gasteiger partial charge in [-0.1, -0.05) is 30.0 Å². The van der Waals surface area contributed by atoms with Gasteiger partial charge < -0.3 is 14.1 Å². The SMILES string of the molecule is O=C(CSc1nc2ccc(/N=C/c3ccc(Sc4nnnn4-c4ccccc4)o3)cc2s1)N1CCOCC1. The molecule has 13 heteroatoms. The summed E-state index contributed by atoms with van der Waals surface area (Å²) in [4.78, 5) is 23.5. The number of carbonyl (C=O) groups is 1. The highest BCUT2D eigenvalue weighted by Crippen LogP contribution is 2.32. The van der Waals surface area contributed by atoms with Gasteiger partial charge in [-0.3, -0.25) is 9.79 Å². The zero-order chi connectivity index (χ0) is 25.7. The van der Waals surface area contributed by atoms with E-state index in [9.17, 15) is 4.79 Å². The molecule has 0 spiro atoms. The lowest BCUT2D eigenvalue weighted by Gasteiger charge is -2.26. The number of hydrogen-bond acceptors (Lipinski definition) is 11. The number of aliphatic imine (C=N–C) groups is 1. The second-order valence-corrected chi connectivity index (χ2v) is 11.4. The number of aromatic nitrogens is 5. The molecule has 1 aliphatic heterocycles. The lowest BCUT2D eigenvalue weighted by Crippen LogP contribution is -2.41. The molecule has 38 heavy (non-hydrogen) atoms. The summed E-state index contributed by atoms with van der Waals surface area (Å²) >= 11 is 4.37. The molecular weight excluding hydrogens is 543 g/mol. The lowest BCUT2D eigenvalue weighted by atomic mass is 10.3. The summed E-state index contributed by atoms with van der Waals surface area (Å²) in [6.07, 6.45) is 1.68. The standard InChI is InChI=1S/C25H21N7O3S3/c33-22(31-10-12-34-13-11-31)16-36-25-27-20-8-6-17(14-21(20)37-25)26-15-19-7-9-23(35-19)38-24-28-29-30-32(24)18-4-2-1-3-5-18/h1-9,14-15H,10-13,16H2/b26-15+. The minimum absolute atomic E-state index is 0.121. The number of amides is 1. The van der Waals surface area contributed by atoms with Crippen molar-refractivity contribution in [1.82, 2.24) is 30.1 Å². The number of furan rings is 1. The lowest BCUT2D eigenvalue weighted by molar-refractivity contribution is -0.132. The average Bonchev–Trinajstić information content (AvgIpc) is 3.71. The number of tetrazole rings is 1. The minimum Gasteiger partial charge on any atom is -0.448 e. The third kappa shape index (κ3) is 5.80. The van der Waals surface area contributed by atoms with Crippen molar-refractivity contribution in [2.24, 2.45) is 4.99 Å². The number of thioether (sulfide) groups is 1. The molecule has 3 aromatic heterocycles. The number of fused-ring (bicyclic) bond motifs is 1. The van der Waals surface area contributed by atoms with Gasteiger partial charge in [0.15, 0.2) is 9.43 Å². The number of thiazole rings is 1. The van der Waals surface area contributed by atoms with E-state index >= 15 is 0 Å². The first-order valence-electron chi connectivity index (χ1n) is 11.8. The molecular formula is C25H21N7O3S3. The van der Waals surface area contributed by atoms with Crippen molar-refractivity contribution >= 4 is 62.9 Å². The van der Waals surface area contributed by atoms with Crippen molar-refractivity contribution in [3.63, 3.8) is 0 Å². The Hall–Kier alpha value is -3.52. The summed E-state index contributed by atoms with van der Waals surface area (Å²) in [7, 11) is 0. The molecule has 6 rings (SSSR count). The van der Waals surface area contributed by atoms with Gasteiger partial charge in [0, 0.05) is 13.1 Å². The number of ether oxygens (including phenoxy) is 1. The summed E-state index contributed by atoms with van der Waals surface area (Å²) in [5, 5.41) is 13.2. The Balaban J connectivity index is 1.09. The summed E-state index contributed by atoms with van der Waals surface area (Å²) in [5.74, 6) is 1.12. The minimum atomic E-state index is 0.121. The first kappa shape index (κ1) is 24.8. The fraction of sp³-hybridized carbons (Fsp3) is 0.200. The average molecular weight is 564 g/mol. The molecule has 192 valence electrons. The fourth-order valence-electron chi connectivity index (χ4n) is 3.72. The third-order valence-corrected chi connectivity index (χ3v) is 8.62. The zero-order valence-electron chi connectivity index (χ0n) is 20.0. The summed E-state index contributed by atoms with van der Waals surface area (Å²) in [5.41, 5.74) is 2.56. The van der Waals surface area contributed by atoms with E-state index in [-0.39, 0.29) is 5.91 Å². The molecule has 1 aliphatic rings. The number of rotatable bonds is 8. The molecule has 0 N–H and O–H groups in total. The van der Waals surface area contributed by atoms with Gasteiger partial charge in [-0.15, -0.1) is 16.4 Å². The van der Waals surface area contributed by atoms with Gasteiger partial charge in [-0.05, 0) is 64.7 Å². The van der Waals surface area contributed by atoms with Crippen LogP contribution in [0.1, 0.15) is 5.76 Å². The molecule has 1 amide bonds. The van der Waals surface area contributed by atoms with Crippen LogP contribution >= 0.6 is 34.9 Å². The van der Waals surface area contributed by atoms with Crippen LogP contribution in [-0.4, -0.2) is 74.3 Å². The van der Waals surface area contributed by atoms with Gasteiger partial charge in [0.2, 0.25) is 11.1 Å². The molecule has 0 atom stereocenters. The highest BCUT2D eigenvalue weighted by atomic mass is 32.2. The maximum Gasteiger partial charge on any atom is 0.233 e. The highest BCUT2D eigenvalue weighted by molar-refractivity contribution is 8.01. The van der Waals surface area contributed by atoms with Crippen LogP contribution in [0.25, 0.3) is 15.9 Å². The Labute approximate surface area is 230 Å². The van der Waals surface area contributed by atoms with Crippen molar-refractivity contribution in [2.75, 3.05) is 32.1 Å². The van der Waals surface area contributed by atoms with E-state index < -0.39 is 0 Å². The Morgan fingerprint density at radius 2 is 1.97 bits per heavy atom. The first-order valence-corrected chi connectivity index (χ1v) is 14.4. The van der Waals surface area contributed by atoms with Crippen molar-refractivity contribution in [3.8, 4) is 5.69 Å². The summed E-state index contributed by atoms with van der Waals surface area (Å²) in [6.45, 7) is 2.52. The van der Waals surface area contributed by atoms with Crippen molar-refractivity contribution in [3.05, 3.63) is 66.4 Å². The molecule has 0 radical (unpaired) electrons. The van der Waals surface area contributed by atoms with Crippen LogP contribution in [0, 0.1) is 0 Å². The predicted octanol–water partition coefficient (Wildman–Crippen LogP) is 4.72. The molecule has 5 aromatic rings. The zero-order valence-corrected chi connectivity index (χ0v) is 22.4. The number of nitrogens with zero attached hydrogens (tertiary/aromatic N) is 7. The molecule has 10 nitrogen and oxygen atoms in total. The Kier molecular flexibility index (Phi) is 7.49. The van der Waals surface area contributed by atoms with Crippen LogP contribution in [0.3, 0.4) is 0 Å². The molecule has 0 aliphatic carbocycles. The van der Waals surface area contributed by atoms with E-state index in [4.69, 9.17) is 9.15 Å². The van der Waals surface area contributed by atoms with Crippen LogP contribution < -0.4 is 0 Å². The van der Waals surface area contributed by atoms with Gasteiger partial charge in [-0.25, -0.2) is 4.98 Å². The van der Waals surface area contributed by atoms with E-state index in [1.54, 1.807) is 22.2 Å². The first-order chi connectivity index (χ1) is 18.7. The van der Waals surface area contributed by atoms with Crippen LogP contribution in [0.15, 0.2) is 84.7 Å². The maximum absolute atomic E-state index is 12.4. The van der Waals surface area contributed by atoms with Crippen LogP contribution in [0.4, 0.5) is 5.69 Å². The van der Waals surface area contributed by atoms with Crippen molar-refractivity contribution in [2.45, 2.75) is 14.6 Å². The van der Waals surface area contributed by atoms with E-state index in [1.165, 1.54) is 23.5 Å². The maximum atomic E-state index is 12.4. The second kappa shape index (κ2) is 11.5. The highest BCUT2D eigenvalue weighted by Gasteiger charge is 2.18. The molecule has 1 fully saturated rings. The summed E-state index contributed by atoms with van der Waals surface area (Å²) in [6, 6.07) is 19.3. The molecule has 0 bridgehead atoms. The van der Waals surface area contributed by atoms with Crippen molar-refractivity contribution < 1.29 is 13.9 Å². The normalized spacial score (nSPS) is 14.1. The largest absolute Gasteiger partial charge is 0.448 e. The monoisotopic (exact) mass is 563 g/mol. The van der Waals surface area contributed by atoms with E-state index in [0.717, 1.165) is 25.9 Å². The molecule has 0 unspecified atom stereocenters. The van der Waals surface area contributed by atoms with Crippen LogP contribution in [-0.2, 0) is 9.53 Å². The molecule has 2 aromatic carbocycles. The Bertz CT molecular complexity index is 1580. The number of benzene rings is 2. The molecule has 0 saturated carbocycles. The van der Waals surface area contributed by atoms with Crippen molar-refractivity contribution in [1.29, 1.82) is 0 Å². The summed E-state index contributed by atoms with van der Waals surface area (Å²) < 4.78 is 14.8. The van der Waals surface area contributed by atoms with E-state index in [2.05, 4.69) is 25.5 Å². The number of hydrogen-bond donors (Lipinski definition) is 0. The van der Waals surface area contributed by atoms with Gasteiger partial charge in [-0.2, -0.15) is 4.68 Å². The van der Waals surface area contributed by atoms with Gasteiger partial charge in [0.05, 0.1) is 46.8 Å². The molecule has 4 heterocycles. The Morgan fingerprint density at radius 3 is 2.84 bits per heavy atom. The van der Waals surface area contributed by atoms with Gasteiger partial charge in [0.1, 0.15) is 5.76 Å². The third-order valence-electron chi connectivity index (χ3n) is 5.61. The number of para-hydroxylation sites is 1. The quantitative estimate of drug-likeness (QED) is 0.196. The smallest absolute Gasteiger partial charge is 0.233 e. The number of morpholine rings is 1. The van der Waals surface area contributed by atoms with E-state index in [0.29, 0.717) is 48.1 Å². The van der Waals surface area contributed by atoms with Gasteiger partial charge in [0.25, 0.3) is 0 Å². The predicted molar refractivity (Wildman–Crippen MR) is 147 cm³/mol. The van der Waals surface area contributed by atoms with Crippen LogP contribution in [0.5, 0.6) is 0 Å². The molecule has 1 saturated heterocycles. The second-order valence-electron chi connectivity index (χ2n) is 8.14. The Morgan fingerprint density at radius 1 is 1.11 bits per heavy atom. The number of carbonyl (C=O) groups excluding carboxylic acids is 1. The van der Waals surface area contributed by atoms with Crippen LogP contribution in [0.2, 0.25) is 0 Å². The fourth-order valence-corrected chi connectivity index (χ4v) is 6.49. The van der Waals surface area contributed by atoms with Gasteiger partial charge >= 0.3 is 0 Å². The van der Waals surface area contributed by atoms with E-state index in [1.807, 2.05) is 65.6 Å².